The van der Waals surface area contributed by atoms with E-state index in [4.69, 9.17) is 35.3 Å². The van der Waals surface area contributed by atoms with Crippen molar-refractivity contribution in [2.45, 2.75) is 95.0 Å². The smallest absolute Gasteiger partial charge is 0.462 e. The maximum Gasteiger partial charge on any atom is 0.606 e. The van der Waals surface area contributed by atoms with Gasteiger partial charge in [0.15, 0.2) is 23.2 Å². The minimum absolute atomic E-state index is 0.0237. The molecule has 0 amide bonds. The normalized spacial score (nSPS) is 21.6. The van der Waals surface area contributed by atoms with E-state index in [-0.39, 0.29) is 67.9 Å². The standard InChI is InChI=1S/C39H45ClF3N7O6P/c1-20(2)55-36(51)21(3)44-38(53-4)57(52)56-25-15-22-7-10-27(41)30(42)28(22)26(16-25)32-31(43)33-29(34(40)46-32)35(49-17-23-8-9-24(18-49)45-23)48-37(47-33)54-19-39-11-5-13-50(39)14-6-12-39/h7,10,15-16,20-21,23-24,38,44-45H,5-6,8-9,11-14,17-19H2,1-4H3/q+1/t21-,23?,24?,38?/m0/s1. The van der Waals surface area contributed by atoms with Gasteiger partial charge in [-0.1, -0.05) is 17.7 Å². The first-order valence-corrected chi connectivity index (χ1v) is 21.0. The summed E-state index contributed by atoms with van der Waals surface area (Å²) in [5.74, 6) is -5.03. The van der Waals surface area contributed by atoms with E-state index >= 15 is 8.78 Å². The number of aromatic nitrogens is 3. The first-order chi connectivity index (χ1) is 27.3. The van der Waals surface area contributed by atoms with Gasteiger partial charge in [0.05, 0.1) is 17.0 Å². The number of nitrogens with zero attached hydrogens (tertiary/aromatic N) is 5. The number of carbonyl (C=O) groups is 1. The summed E-state index contributed by atoms with van der Waals surface area (Å²) in [5, 5.41) is 6.17. The van der Waals surface area contributed by atoms with Gasteiger partial charge in [0.1, 0.15) is 34.8 Å². The lowest BCUT2D eigenvalue weighted by Crippen LogP contribution is -2.51. The summed E-state index contributed by atoms with van der Waals surface area (Å²) in [7, 11) is -1.50. The number of esters is 1. The maximum absolute atomic E-state index is 17.3. The predicted octanol–water partition coefficient (Wildman–Crippen LogP) is 6.84. The van der Waals surface area contributed by atoms with Crippen molar-refractivity contribution in [1.82, 2.24) is 30.5 Å². The molecule has 2 bridgehead atoms. The number of pyridine rings is 1. The quantitative estimate of drug-likeness (QED) is 0.0630. The zero-order valence-corrected chi connectivity index (χ0v) is 33.8. The first kappa shape index (κ1) is 39.9. The Morgan fingerprint density at radius 3 is 2.44 bits per heavy atom. The van der Waals surface area contributed by atoms with Gasteiger partial charge in [-0.2, -0.15) is 9.97 Å². The molecule has 57 heavy (non-hydrogen) atoms. The van der Waals surface area contributed by atoms with Gasteiger partial charge in [-0.15, -0.1) is 0 Å². The molecule has 4 aliphatic heterocycles. The first-order valence-electron chi connectivity index (χ1n) is 19.4. The molecule has 2 aromatic carbocycles. The molecule has 0 spiro atoms. The molecule has 2 N–H and O–H groups in total. The highest BCUT2D eigenvalue weighted by atomic mass is 35.5. The summed E-state index contributed by atoms with van der Waals surface area (Å²) in [5.41, 5.74) is -1.01. The molecule has 4 fully saturated rings. The zero-order valence-electron chi connectivity index (χ0n) is 32.1. The molecule has 4 aromatic rings. The van der Waals surface area contributed by atoms with Crippen LogP contribution < -0.4 is 24.8 Å². The van der Waals surface area contributed by atoms with E-state index in [0.29, 0.717) is 25.5 Å². The largest absolute Gasteiger partial charge is 0.606 e. The average Bonchev–Trinajstić information content (AvgIpc) is 3.88. The third-order valence-electron chi connectivity index (χ3n) is 11.4. The second kappa shape index (κ2) is 16.0. The molecule has 8 rings (SSSR count). The average molecular weight is 831 g/mol. The van der Waals surface area contributed by atoms with E-state index < -0.39 is 49.2 Å². The van der Waals surface area contributed by atoms with Crippen molar-refractivity contribution in [3.63, 3.8) is 0 Å². The van der Waals surface area contributed by atoms with E-state index in [1.54, 1.807) is 13.8 Å². The predicted molar refractivity (Wildman–Crippen MR) is 208 cm³/mol. The van der Waals surface area contributed by atoms with Crippen molar-refractivity contribution in [2.75, 3.05) is 44.8 Å². The second-order valence-electron chi connectivity index (χ2n) is 15.6. The minimum atomic E-state index is -2.77. The van der Waals surface area contributed by atoms with E-state index in [2.05, 4.69) is 30.4 Å². The number of ether oxygens (including phenoxy) is 3. The van der Waals surface area contributed by atoms with E-state index in [1.807, 2.05) is 0 Å². The van der Waals surface area contributed by atoms with Gasteiger partial charge in [0.2, 0.25) is 0 Å². The topological polar surface area (TPSA) is 140 Å². The van der Waals surface area contributed by atoms with Gasteiger partial charge in [-0.05, 0) is 101 Å². The van der Waals surface area contributed by atoms with Crippen LogP contribution in [0.4, 0.5) is 19.0 Å². The summed E-state index contributed by atoms with van der Waals surface area (Å²) in [6, 6.07) is 4.22. The number of carbonyl (C=O) groups excluding carboxylic acids is 1. The molecule has 13 nitrogen and oxygen atoms in total. The Kier molecular flexibility index (Phi) is 11.2. The fourth-order valence-electron chi connectivity index (χ4n) is 8.79. The van der Waals surface area contributed by atoms with Gasteiger partial charge in [-0.25, -0.2) is 23.5 Å². The number of halogens is 4. The van der Waals surface area contributed by atoms with Gasteiger partial charge >= 0.3 is 26.0 Å². The van der Waals surface area contributed by atoms with Crippen molar-refractivity contribution in [3.8, 4) is 23.0 Å². The number of piperazine rings is 1. The van der Waals surface area contributed by atoms with Crippen molar-refractivity contribution in [3.05, 3.63) is 46.9 Å². The lowest BCUT2D eigenvalue weighted by molar-refractivity contribution is -0.150. The molecule has 6 heterocycles. The number of hydrogen-bond donors (Lipinski definition) is 2. The Bertz CT molecular complexity index is 2220. The lowest BCUT2D eigenvalue weighted by atomic mass is 9.95. The molecule has 0 radical (unpaired) electrons. The molecule has 2 aromatic heterocycles. The Morgan fingerprint density at radius 1 is 1.04 bits per heavy atom. The van der Waals surface area contributed by atoms with Crippen LogP contribution in [-0.4, -0.2) is 101 Å². The number of fused-ring (bicyclic) bond motifs is 5. The molecule has 0 saturated carbocycles. The van der Waals surface area contributed by atoms with Crippen LogP contribution >= 0.6 is 19.6 Å². The van der Waals surface area contributed by atoms with Crippen molar-refractivity contribution >= 4 is 53.1 Å². The van der Waals surface area contributed by atoms with E-state index in [0.717, 1.165) is 57.7 Å². The summed E-state index contributed by atoms with van der Waals surface area (Å²) in [4.78, 5) is 30.8. The number of methoxy groups -OCH3 is 1. The second-order valence-corrected chi connectivity index (χ2v) is 17.2. The fraction of sp³-hybridized carbons (Fsp3) is 0.538. The van der Waals surface area contributed by atoms with Crippen LogP contribution in [0.15, 0.2) is 24.3 Å². The van der Waals surface area contributed by atoms with Gasteiger partial charge in [0.25, 0.3) is 0 Å². The Labute approximate surface area is 333 Å². The highest BCUT2D eigenvalue weighted by molar-refractivity contribution is 7.40. The summed E-state index contributed by atoms with van der Waals surface area (Å²) >= 11 is 6.96. The molecule has 18 heteroatoms. The molecular weight excluding hydrogens is 786 g/mol. The number of nitrogens with one attached hydrogen (secondary N) is 2. The van der Waals surface area contributed by atoms with Crippen molar-refractivity contribution in [2.24, 2.45) is 0 Å². The summed E-state index contributed by atoms with van der Waals surface area (Å²) in [6.07, 6.45) is 5.68. The zero-order chi connectivity index (χ0) is 40.2. The van der Waals surface area contributed by atoms with Gasteiger partial charge < -0.3 is 24.4 Å². The van der Waals surface area contributed by atoms with E-state index in [9.17, 15) is 13.8 Å². The molecule has 304 valence electrons. The van der Waals surface area contributed by atoms with Gasteiger partial charge in [0, 0.05) is 43.2 Å². The molecular formula is C39H45ClF3N7O6P+. The van der Waals surface area contributed by atoms with Crippen LogP contribution in [0.1, 0.15) is 59.3 Å². The molecule has 4 aliphatic rings. The highest BCUT2D eigenvalue weighted by Gasteiger charge is 2.45. The summed E-state index contributed by atoms with van der Waals surface area (Å²) < 4.78 is 84.2. The Balaban J connectivity index is 1.21. The summed E-state index contributed by atoms with van der Waals surface area (Å²) in [6.45, 7) is 8.42. The number of rotatable bonds is 13. The van der Waals surface area contributed by atoms with Crippen LogP contribution in [0, 0.1) is 17.5 Å². The molecule has 5 atom stereocenters. The number of anilines is 1. The van der Waals surface area contributed by atoms with Crippen LogP contribution in [0.2, 0.25) is 5.15 Å². The SMILES string of the molecule is COC(N[C@@H](C)C(=O)OC(C)C)[P+](=O)Oc1cc(-c2nc(Cl)c3c(N4CC5CCC(C4)N5)nc(OCC45CCCN4CCC5)nc3c2F)c2c(F)c(F)ccc2c1. The van der Waals surface area contributed by atoms with Crippen LogP contribution in [0.5, 0.6) is 11.8 Å². The van der Waals surface area contributed by atoms with Crippen molar-refractivity contribution < 1.29 is 41.3 Å². The van der Waals surface area contributed by atoms with Gasteiger partial charge in [-0.3, -0.25) is 14.2 Å². The third-order valence-corrected chi connectivity index (χ3v) is 12.8. The third kappa shape index (κ3) is 7.72. The Hall–Kier alpha value is -3.92. The minimum Gasteiger partial charge on any atom is -0.462 e. The molecule has 0 aliphatic carbocycles. The van der Waals surface area contributed by atoms with Crippen LogP contribution in [0.25, 0.3) is 32.9 Å². The van der Waals surface area contributed by atoms with Crippen LogP contribution in [0.3, 0.4) is 0 Å². The number of benzene rings is 2. The molecule has 4 unspecified atom stereocenters. The highest BCUT2D eigenvalue weighted by Crippen LogP contribution is 2.44. The molecule has 4 saturated heterocycles. The monoisotopic (exact) mass is 830 g/mol. The lowest BCUT2D eigenvalue weighted by Gasteiger charge is -2.34. The van der Waals surface area contributed by atoms with Crippen molar-refractivity contribution in [1.29, 1.82) is 0 Å². The Morgan fingerprint density at radius 2 is 1.75 bits per heavy atom. The van der Waals surface area contributed by atoms with Crippen LogP contribution in [-0.2, 0) is 18.8 Å². The number of hydrogen-bond acceptors (Lipinski definition) is 13. The maximum atomic E-state index is 17.3. The van der Waals surface area contributed by atoms with E-state index in [1.165, 1.54) is 32.2 Å². The fourth-order valence-corrected chi connectivity index (χ4v) is 9.97.